The first kappa shape index (κ1) is 16.8. The highest BCUT2D eigenvalue weighted by Crippen LogP contribution is 2.17. The Bertz CT molecular complexity index is 997. The molecule has 0 aliphatic heterocycles. The maximum Gasteiger partial charge on any atom is 0.253 e. The van der Waals surface area contributed by atoms with Gasteiger partial charge in [0.2, 0.25) is 0 Å². The Balaban J connectivity index is 1.51. The SMILES string of the molecule is Cc1n(CCCCn2c(C)[n+](C)c3ccccc32)c2ccccc2[n+]1C. The molecule has 0 saturated heterocycles. The van der Waals surface area contributed by atoms with Crippen molar-refractivity contribution >= 4 is 22.1 Å². The van der Waals surface area contributed by atoms with Gasteiger partial charge in [-0.25, -0.2) is 18.3 Å². The maximum absolute atomic E-state index is 2.45. The second kappa shape index (κ2) is 6.60. The van der Waals surface area contributed by atoms with Crippen molar-refractivity contribution in [2.24, 2.45) is 14.1 Å². The normalized spacial score (nSPS) is 11.7. The third-order valence-electron chi connectivity index (χ3n) is 5.83. The lowest BCUT2D eigenvalue weighted by Gasteiger charge is -2.02. The molecular weight excluding hydrogens is 320 g/mol. The quantitative estimate of drug-likeness (QED) is 0.389. The van der Waals surface area contributed by atoms with E-state index in [0.29, 0.717) is 0 Å². The number of imidazole rings is 2. The Kier molecular flexibility index (Phi) is 4.27. The largest absolute Gasteiger partial charge is 0.253 e. The highest BCUT2D eigenvalue weighted by atomic mass is 15.2. The third kappa shape index (κ3) is 2.61. The Labute approximate surface area is 154 Å². The van der Waals surface area contributed by atoms with E-state index in [-0.39, 0.29) is 0 Å². The molecule has 134 valence electrons. The van der Waals surface area contributed by atoms with Gasteiger partial charge in [-0.15, -0.1) is 0 Å². The van der Waals surface area contributed by atoms with Crippen LogP contribution in [0.1, 0.15) is 24.5 Å². The molecule has 2 aromatic heterocycles. The predicted octanol–water partition coefficient (Wildman–Crippen LogP) is 3.34. The van der Waals surface area contributed by atoms with Gasteiger partial charge in [0.05, 0.1) is 27.2 Å². The fraction of sp³-hybridized carbons (Fsp3) is 0.364. The van der Waals surface area contributed by atoms with E-state index < -0.39 is 0 Å². The molecule has 2 aromatic carbocycles. The Hall–Kier alpha value is -2.62. The second-order valence-corrected chi connectivity index (χ2v) is 7.20. The summed E-state index contributed by atoms with van der Waals surface area (Å²) in [6.07, 6.45) is 2.35. The molecule has 4 nitrogen and oxygen atoms in total. The van der Waals surface area contributed by atoms with Gasteiger partial charge < -0.3 is 0 Å². The van der Waals surface area contributed by atoms with Crippen molar-refractivity contribution in [2.75, 3.05) is 0 Å². The van der Waals surface area contributed by atoms with Gasteiger partial charge in [-0.1, -0.05) is 24.3 Å². The summed E-state index contributed by atoms with van der Waals surface area (Å²) in [5, 5.41) is 0. The summed E-state index contributed by atoms with van der Waals surface area (Å²) in [4.78, 5) is 0. The van der Waals surface area contributed by atoms with Gasteiger partial charge in [-0.2, -0.15) is 0 Å². The van der Waals surface area contributed by atoms with Crippen molar-refractivity contribution in [3.8, 4) is 0 Å². The van der Waals surface area contributed by atoms with Gasteiger partial charge >= 0.3 is 0 Å². The minimum Gasteiger partial charge on any atom is -0.230 e. The van der Waals surface area contributed by atoms with Gasteiger partial charge in [-0.05, 0) is 37.1 Å². The summed E-state index contributed by atoms with van der Waals surface area (Å²) in [5.41, 5.74) is 5.29. The standard InChI is InChI=1S/C22H28N4/c1-17-23(3)19-11-5-7-13-21(19)25(17)15-9-10-16-26-18(2)24(4)20-12-6-8-14-22(20)26/h5-8,11-14H,9-10,15-16H2,1-4H3/q+2. The van der Waals surface area contributed by atoms with Crippen LogP contribution in [0, 0.1) is 13.8 Å². The van der Waals surface area contributed by atoms with Crippen molar-refractivity contribution in [3.63, 3.8) is 0 Å². The summed E-state index contributed by atoms with van der Waals surface area (Å²) in [7, 11) is 4.31. The molecule has 4 rings (SSSR count). The van der Waals surface area contributed by atoms with Crippen molar-refractivity contribution in [1.29, 1.82) is 0 Å². The van der Waals surface area contributed by atoms with Crippen molar-refractivity contribution in [3.05, 3.63) is 60.2 Å². The molecule has 0 bridgehead atoms. The number of hydrogen-bond acceptors (Lipinski definition) is 0. The van der Waals surface area contributed by atoms with E-state index in [9.17, 15) is 0 Å². The number of para-hydroxylation sites is 4. The van der Waals surface area contributed by atoms with Gasteiger partial charge in [0.25, 0.3) is 11.6 Å². The number of benzene rings is 2. The zero-order chi connectivity index (χ0) is 18.3. The smallest absolute Gasteiger partial charge is 0.230 e. The van der Waals surface area contributed by atoms with E-state index in [1.807, 2.05) is 0 Å². The van der Waals surface area contributed by atoms with Crippen LogP contribution in [-0.4, -0.2) is 9.13 Å². The molecular formula is C22H28N4+2. The fourth-order valence-corrected chi connectivity index (χ4v) is 4.12. The van der Waals surface area contributed by atoms with Crippen LogP contribution in [0.15, 0.2) is 48.5 Å². The minimum atomic E-state index is 1.07. The first-order chi connectivity index (χ1) is 12.6. The topological polar surface area (TPSA) is 17.6 Å². The summed E-state index contributed by atoms with van der Waals surface area (Å²) < 4.78 is 9.49. The van der Waals surface area contributed by atoms with E-state index in [1.165, 1.54) is 46.6 Å². The van der Waals surface area contributed by atoms with Gasteiger partial charge in [0.15, 0.2) is 22.1 Å². The van der Waals surface area contributed by atoms with Crippen LogP contribution >= 0.6 is 0 Å². The highest BCUT2D eigenvalue weighted by molar-refractivity contribution is 5.72. The first-order valence-corrected chi connectivity index (χ1v) is 9.47. The van der Waals surface area contributed by atoms with Crippen LogP contribution in [0.25, 0.3) is 22.1 Å². The molecule has 0 aliphatic rings. The molecule has 0 fully saturated rings. The average molecular weight is 348 g/mol. The second-order valence-electron chi connectivity index (χ2n) is 7.20. The molecule has 4 heteroatoms. The summed E-state index contributed by atoms with van der Waals surface area (Å²) in [5.74, 6) is 2.64. The number of fused-ring (bicyclic) bond motifs is 2. The Morgan fingerprint density at radius 3 is 1.46 bits per heavy atom. The summed E-state index contributed by atoms with van der Waals surface area (Å²) in [6.45, 7) is 6.56. The molecule has 0 saturated carbocycles. The third-order valence-corrected chi connectivity index (χ3v) is 5.83. The molecule has 4 aromatic rings. The first-order valence-electron chi connectivity index (χ1n) is 9.47. The van der Waals surface area contributed by atoms with Crippen LogP contribution in [-0.2, 0) is 27.2 Å². The predicted molar refractivity (Wildman–Crippen MR) is 105 cm³/mol. The maximum atomic E-state index is 2.45. The van der Waals surface area contributed by atoms with Gasteiger partial charge in [-0.3, -0.25) is 0 Å². The number of nitrogens with zero attached hydrogens (tertiary/aromatic N) is 4. The molecule has 0 radical (unpaired) electrons. The molecule has 0 spiro atoms. The number of rotatable bonds is 5. The van der Waals surface area contributed by atoms with Crippen LogP contribution in [0.5, 0.6) is 0 Å². The van der Waals surface area contributed by atoms with Crippen molar-refractivity contribution < 1.29 is 9.13 Å². The molecule has 0 N–H and O–H groups in total. The van der Waals surface area contributed by atoms with Gasteiger partial charge in [0.1, 0.15) is 0 Å². The zero-order valence-corrected chi connectivity index (χ0v) is 16.2. The Morgan fingerprint density at radius 2 is 1.04 bits per heavy atom. The van der Waals surface area contributed by atoms with E-state index in [4.69, 9.17) is 0 Å². The van der Waals surface area contributed by atoms with Crippen LogP contribution in [0.4, 0.5) is 0 Å². The minimum absolute atomic E-state index is 1.07. The van der Waals surface area contributed by atoms with Crippen LogP contribution in [0.2, 0.25) is 0 Å². The zero-order valence-electron chi connectivity index (χ0n) is 16.2. The Morgan fingerprint density at radius 1 is 0.654 bits per heavy atom. The van der Waals surface area contributed by atoms with Crippen LogP contribution < -0.4 is 9.13 Å². The molecule has 0 amide bonds. The highest BCUT2D eigenvalue weighted by Gasteiger charge is 2.20. The molecule has 2 heterocycles. The van der Waals surface area contributed by atoms with E-state index in [1.54, 1.807) is 0 Å². The van der Waals surface area contributed by atoms with Crippen molar-refractivity contribution in [2.45, 2.75) is 39.8 Å². The molecule has 0 aliphatic carbocycles. The number of aromatic nitrogens is 4. The van der Waals surface area contributed by atoms with E-state index >= 15 is 0 Å². The number of unbranched alkanes of at least 4 members (excludes halogenated alkanes) is 1. The average Bonchev–Trinajstić information content (AvgIpc) is 3.06. The monoisotopic (exact) mass is 348 g/mol. The fourth-order valence-electron chi connectivity index (χ4n) is 4.12. The number of aryl methyl sites for hydroxylation is 4. The molecule has 0 atom stereocenters. The van der Waals surface area contributed by atoms with Crippen molar-refractivity contribution in [1.82, 2.24) is 9.13 Å². The van der Waals surface area contributed by atoms with Gasteiger partial charge in [0, 0.05) is 13.8 Å². The summed E-state index contributed by atoms with van der Waals surface area (Å²) >= 11 is 0. The lowest BCUT2D eigenvalue weighted by atomic mass is 10.2. The molecule has 0 unspecified atom stereocenters. The van der Waals surface area contributed by atoms with Crippen LogP contribution in [0.3, 0.4) is 0 Å². The summed E-state index contributed by atoms with van der Waals surface area (Å²) in [6, 6.07) is 17.4. The number of hydrogen-bond donors (Lipinski definition) is 0. The van der Waals surface area contributed by atoms with E-state index in [0.717, 1.165) is 13.1 Å². The van der Waals surface area contributed by atoms with E-state index in [2.05, 4.69) is 94.7 Å². The lowest BCUT2D eigenvalue weighted by Crippen LogP contribution is -2.31. The molecule has 26 heavy (non-hydrogen) atoms. The lowest BCUT2D eigenvalue weighted by molar-refractivity contribution is -0.652.